The number of hydrogen-bond acceptors (Lipinski definition) is 2. The van der Waals surface area contributed by atoms with Gasteiger partial charge < -0.3 is 10.2 Å². The molecule has 0 aromatic heterocycles. The van der Waals surface area contributed by atoms with Gasteiger partial charge in [0, 0.05) is 6.54 Å². The summed E-state index contributed by atoms with van der Waals surface area (Å²) >= 11 is 0. The number of rotatable bonds is 7. The molecule has 2 rings (SSSR count). The third kappa shape index (κ3) is 5.98. The number of benzene rings is 2. The van der Waals surface area contributed by atoms with Gasteiger partial charge >= 0.3 is 6.18 Å². The zero-order valence-corrected chi connectivity index (χ0v) is 15.8. The first kappa shape index (κ1) is 23.2. The van der Waals surface area contributed by atoms with E-state index in [1.54, 1.807) is 6.92 Å². The van der Waals surface area contributed by atoms with E-state index in [4.69, 9.17) is 0 Å². The Morgan fingerprint density at radius 1 is 1.03 bits per heavy atom. The highest BCUT2D eigenvalue weighted by Gasteiger charge is 2.30. The maximum Gasteiger partial charge on any atom is 0.416 e. The Labute approximate surface area is 168 Å². The van der Waals surface area contributed by atoms with Gasteiger partial charge in [0.1, 0.15) is 0 Å². The maximum atomic E-state index is 13.7. The van der Waals surface area contributed by atoms with Gasteiger partial charge in [-0.25, -0.2) is 13.2 Å². The molecule has 2 aromatic carbocycles. The minimum absolute atomic E-state index is 0.114. The smallest absolute Gasteiger partial charge is 0.333 e. The molecule has 162 valence electrons. The van der Waals surface area contributed by atoms with Crippen LogP contribution >= 0.6 is 0 Å². The highest BCUT2D eigenvalue weighted by atomic mass is 19.4. The summed E-state index contributed by atoms with van der Waals surface area (Å²) in [5, 5.41) is 2.05. The predicted octanol–water partition coefficient (Wildman–Crippen LogP) is 4.54. The van der Waals surface area contributed by atoms with Crippen molar-refractivity contribution in [2.45, 2.75) is 25.9 Å². The molecule has 0 unspecified atom stereocenters. The lowest BCUT2D eigenvalue weighted by atomic mass is 10.1. The van der Waals surface area contributed by atoms with Crippen LogP contribution in [0.4, 0.5) is 32.0 Å². The number of carbonyl (C=O) groups excluding carboxylic acids is 2. The van der Waals surface area contributed by atoms with Gasteiger partial charge in [0.05, 0.1) is 24.2 Å². The van der Waals surface area contributed by atoms with Crippen molar-refractivity contribution in [2.24, 2.45) is 0 Å². The van der Waals surface area contributed by atoms with Crippen LogP contribution in [0.1, 0.15) is 24.5 Å². The fourth-order valence-electron chi connectivity index (χ4n) is 2.69. The molecular formula is C20H18F6N2O2. The van der Waals surface area contributed by atoms with E-state index in [-0.39, 0.29) is 18.5 Å². The van der Waals surface area contributed by atoms with Crippen molar-refractivity contribution in [1.82, 2.24) is 4.90 Å². The number of carbonyl (C=O) groups is 2. The average molecular weight is 432 g/mol. The molecule has 0 radical (unpaired) electrons. The van der Waals surface area contributed by atoms with Gasteiger partial charge in [-0.15, -0.1) is 0 Å². The number of nitrogens with one attached hydrogen (secondary N) is 1. The molecule has 0 saturated heterocycles. The highest BCUT2D eigenvalue weighted by molar-refractivity contribution is 5.94. The third-order valence-corrected chi connectivity index (χ3v) is 4.10. The molecule has 0 aliphatic heterocycles. The Bertz CT molecular complexity index is 930. The molecule has 30 heavy (non-hydrogen) atoms. The highest BCUT2D eigenvalue weighted by Crippen LogP contribution is 2.29. The summed E-state index contributed by atoms with van der Waals surface area (Å²) in [5.41, 5.74) is -1.38. The molecule has 10 heteroatoms. The van der Waals surface area contributed by atoms with Crippen molar-refractivity contribution in [3.8, 4) is 0 Å². The number of amides is 2. The van der Waals surface area contributed by atoms with Crippen LogP contribution in [-0.4, -0.2) is 29.8 Å². The minimum Gasteiger partial charge on any atom is -0.333 e. The van der Waals surface area contributed by atoms with Crippen LogP contribution in [0.2, 0.25) is 0 Å². The Balaban J connectivity index is 2.09. The van der Waals surface area contributed by atoms with Crippen LogP contribution in [0, 0.1) is 17.5 Å². The maximum absolute atomic E-state index is 13.7. The first-order valence-electron chi connectivity index (χ1n) is 8.90. The molecule has 1 N–H and O–H groups in total. The van der Waals surface area contributed by atoms with Crippen molar-refractivity contribution in [1.29, 1.82) is 0 Å². The quantitative estimate of drug-likeness (QED) is 0.516. The van der Waals surface area contributed by atoms with Crippen LogP contribution in [0.3, 0.4) is 0 Å². The molecule has 2 aromatic rings. The van der Waals surface area contributed by atoms with Crippen molar-refractivity contribution >= 4 is 17.5 Å². The molecule has 0 fully saturated rings. The molecule has 0 bridgehead atoms. The fourth-order valence-corrected chi connectivity index (χ4v) is 2.69. The summed E-state index contributed by atoms with van der Waals surface area (Å²) in [7, 11) is 0. The summed E-state index contributed by atoms with van der Waals surface area (Å²) < 4.78 is 78.4. The van der Waals surface area contributed by atoms with Crippen molar-refractivity contribution in [2.75, 3.05) is 18.4 Å². The molecular weight excluding hydrogens is 414 g/mol. The lowest BCUT2D eigenvalue weighted by Crippen LogP contribution is -2.39. The minimum atomic E-state index is -4.56. The van der Waals surface area contributed by atoms with E-state index in [2.05, 4.69) is 5.32 Å². The van der Waals surface area contributed by atoms with Gasteiger partial charge in [0.2, 0.25) is 11.8 Å². The second-order valence-corrected chi connectivity index (χ2v) is 6.46. The number of hydrogen-bond donors (Lipinski definition) is 1. The molecule has 0 aliphatic carbocycles. The number of nitrogens with zero attached hydrogens (tertiary/aromatic N) is 1. The molecule has 0 aliphatic rings. The van der Waals surface area contributed by atoms with E-state index in [0.29, 0.717) is 12.5 Å². The lowest BCUT2D eigenvalue weighted by molar-refractivity contribution is -0.138. The summed E-state index contributed by atoms with van der Waals surface area (Å²) in [5.74, 6) is -6.24. The van der Waals surface area contributed by atoms with Gasteiger partial charge in [0.15, 0.2) is 17.5 Å². The standard InChI is InChI=1S/C20H18F6N2O2/c1-2-8-28(11-16(29)27-15-7-6-14(21)18(22)19(15)23)17(30)10-12-4-3-5-13(9-12)20(24,25)26/h3-7,9H,2,8,10-11H2,1H3,(H,27,29). The summed E-state index contributed by atoms with van der Waals surface area (Å²) in [6, 6.07) is 5.72. The normalized spacial score (nSPS) is 11.3. The Morgan fingerprint density at radius 2 is 1.73 bits per heavy atom. The second-order valence-electron chi connectivity index (χ2n) is 6.46. The second kappa shape index (κ2) is 9.64. The molecule has 0 heterocycles. The first-order chi connectivity index (χ1) is 14.0. The monoisotopic (exact) mass is 432 g/mol. The van der Waals surface area contributed by atoms with Crippen LogP contribution in [0.25, 0.3) is 0 Å². The van der Waals surface area contributed by atoms with Crippen molar-refractivity contribution < 1.29 is 35.9 Å². The van der Waals surface area contributed by atoms with Gasteiger partial charge in [-0.1, -0.05) is 25.1 Å². The summed E-state index contributed by atoms with van der Waals surface area (Å²) in [6.07, 6.45) is -4.49. The van der Waals surface area contributed by atoms with Crippen LogP contribution < -0.4 is 5.32 Å². The molecule has 0 atom stereocenters. The van der Waals surface area contributed by atoms with Crippen LogP contribution in [-0.2, 0) is 22.2 Å². The van der Waals surface area contributed by atoms with Crippen LogP contribution in [0.15, 0.2) is 36.4 Å². The molecule has 4 nitrogen and oxygen atoms in total. The largest absolute Gasteiger partial charge is 0.416 e. The average Bonchev–Trinajstić information content (AvgIpc) is 2.67. The fraction of sp³-hybridized carbons (Fsp3) is 0.300. The van der Waals surface area contributed by atoms with E-state index in [1.165, 1.54) is 12.1 Å². The van der Waals surface area contributed by atoms with Gasteiger partial charge in [0.25, 0.3) is 0 Å². The lowest BCUT2D eigenvalue weighted by Gasteiger charge is -2.22. The Kier molecular flexibility index (Phi) is 7.47. The topological polar surface area (TPSA) is 49.4 Å². The zero-order chi connectivity index (χ0) is 22.5. The van der Waals surface area contributed by atoms with E-state index < -0.39 is 53.2 Å². The van der Waals surface area contributed by atoms with Crippen molar-refractivity contribution in [3.05, 3.63) is 65.0 Å². The van der Waals surface area contributed by atoms with Crippen molar-refractivity contribution in [3.63, 3.8) is 0 Å². The summed E-state index contributed by atoms with van der Waals surface area (Å²) in [6.45, 7) is 1.30. The van der Waals surface area contributed by atoms with Gasteiger partial charge in [-0.05, 0) is 30.2 Å². The molecule has 0 spiro atoms. The zero-order valence-electron chi connectivity index (χ0n) is 15.8. The number of anilines is 1. The van der Waals surface area contributed by atoms with Gasteiger partial charge in [-0.3, -0.25) is 9.59 Å². The van der Waals surface area contributed by atoms with Crippen LogP contribution in [0.5, 0.6) is 0 Å². The molecule has 0 saturated carbocycles. The summed E-state index contributed by atoms with van der Waals surface area (Å²) in [4.78, 5) is 25.7. The number of halogens is 6. The van der Waals surface area contributed by atoms with Gasteiger partial charge in [-0.2, -0.15) is 13.2 Å². The third-order valence-electron chi connectivity index (χ3n) is 4.10. The predicted molar refractivity (Wildman–Crippen MR) is 97.0 cm³/mol. The van der Waals surface area contributed by atoms with E-state index in [9.17, 15) is 35.9 Å². The Hall–Kier alpha value is -3.04. The van der Waals surface area contributed by atoms with E-state index >= 15 is 0 Å². The Morgan fingerprint density at radius 3 is 2.37 bits per heavy atom. The number of alkyl halides is 3. The molecule has 2 amide bonds. The van der Waals surface area contributed by atoms with E-state index in [0.717, 1.165) is 23.1 Å². The van der Waals surface area contributed by atoms with E-state index in [1.807, 2.05) is 0 Å². The first-order valence-corrected chi connectivity index (χ1v) is 8.90. The SMILES string of the molecule is CCCN(CC(=O)Nc1ccc(F)c(F)c1F)C(=O)Cc1cccc(C(F)(F)F)c1.